The number of methoxy groups -OCH3 is 1. The Bertz CT molecular complexity index is 728. The van der Waals surface area contributed by atoms with Gasteiger partial charge in [0.15, 0.2) is 11.5 Å². The molecule has 28 heavy (non-hydrogen) atoms. The summed E-state index contributed by atoms with van der Waals surface area (Å²) < 4.78 is 13.1. The molecule has 1 aromatic heterocycles. The number of β-amino-alcohol motifs (C(OH)–C–C–N with tert-alkyl or cyclic N) is 1. The topological polar surface area (TPSA) is 71.8 Å². The Labute approximate surface area is 167 Å². The van der Waals surface area contributed by atoms with E-state index in [1.54, 1.807) is 7.11 Å². The fraction of sp³-hybridized carbons (Fsp3) is 0.571. The number of aromatic nitrogens is 2. The van der Waals surface area contributed by atoms with E-state index in [0.717, 1.165) is 38.2 Å². The van der Waals surface area contributed by atoms with Gasteiger partial charge in [0, 0.05) is 26.3 Å². The third-order valence-electron chi connectivity index (χ3n) is 5.00. The SMILES string of the molecule is COc1ccc(CNCCc2cnn(C)c2)cc1OCC(O)CN1CCCC1. The molecule has 3 rings (SSSR count). The van der Waals surface area contributed by atoms with Crippen molar-refractivity contribution in [2.45, 2.75) is 31.9 Å². The number of nitrogens with zero attached hydrogens (tertiary/aromatic N) is 3. The van der Waals surface area contributed by atoms with Crippen molar-refractivity contribution in [3.63, 3.8) is 0 Å². The molecule has 1 aliphatic heterocycles. The lowest BCUT2D eigenvalue weighted by molar-refractivity contribution is 0.0746. The number of rotatable bonds is 11. The van der Waals surface area contributed by atoms with E-state index in [0.29, 0.717) is 18.0 Å². The molecular formula is C21H32N4O3. The van der Waals surface area contributed by atoms with Gasteiger partial charge in [0.05, 0.1) is 13.3 Å². The van der Waals surface area contributed by atoms with Crippen LogP contribution in [0.2, 0.25) is 0 Å². The van der Waals surface area contributed by atoms with Crippen molar-refractivity contribution in [3.05, 3.63) is 41.7 Å². The van der Waals surface area contributed by atoms with Gasteiger partial charge in [-0.1, -0.05) is 6.07 Å². The number of hydrogen-bond acceptors (Lipinski definition) is 6. The molecular weight excluding hydrogens is 356 g/mol. The third kappa shape index (κ3) is 6.22. The van der Waals surface area contributed by atoms with Crippen LogP contribution in [0.1, 0.15) is 24.0 Å². The number of nitrogens with one attached hydrogen (secondary N) is 1. The van der Waals surface area contributed by atoms with Gasteiger partial charge in [0.25, 0.3) is 0 Å². The van der Waals surface area contributed by atoms with Crippen molar-refractivity contribution >= 4 is 0 Å². The molecule has 1 saturated heterocycles. The molecule has 1 fully saturated rings. The Morgan fingerprint density at radius 1 is 1.21 bits per heavy atom. The van der Waals surface area contributed by atoms with Gasteiger partial charge in [-0.3, -0.25) is 4.68 Å². The fourth-order valence-electron chi connectivity index (χ4n) is 3.51. The van der Waals surface area contributed by atoms with Crippen LogP contribution in [0.15, 0.2) is 30.6 Å². The number of aliphatic hydroxyl groups excluding tert-OH is 1. The molecule has 7 heteroatoms. The van der Waals surface area contributed by atoms with Crippen molar-refractivity contribution in [3.8, 4) is 11.5 Å². The molecule has 0 radical (unpaired) electrons. The molecule has 1 unspecified atom stereocenters. The minimum Gasteiger partial charge on any atom is -0.493 e. The summed E-state index contributed by atoms with van der Waals surface area (Å²) in [6.07, 6.45) is 6.82. The Hall–Kier alpha value is -2.09. The lowest BCUT2D eigenvalue weighted by Crippen LogP contribution is -2.33. The molecule has 1 aromatic carbocycles. The van der Waals surface area contributed by atoms with E-state index in [1.807, 2.05) is 42.3 Å². The van der Waals surface area contributed by atoms with Crippen LogP contribution in [0.3, 0.4) is 0 Å². The van der Waals surface area contributed by atoms with E-state index < -0.39 is 6.10 Å². The smallest absolute Gasteiger partial charge is 0.161 e. The first kappa shape index (κ1) is 20.6. The van der Waals surface area contributed by atoms with Crippen molar-refractivity contribution in [1.82, 2.24) is 20.0 Å². The van der Waals surface area contributed by atoms with Gasteiger partial charge in [0.2, 0.25) is 0 Å². The van der Waals surface area contributed by atoms with Gasteiger partial charge >= 0.3 is 0 Å². The second kappa shape index (κ2) is 10.5. The first-order chi connectivity index (χ1) is 13.6. The summed E-state index contributed by atoms with van der Waals surface area (Å²) in [5.74, 6) is 1.36. The standard InChI is InChI=1S/C21H32N4O3/c1-24-14-18(13-23-24)7-8-22-12-17-5-6-20(27-2)21(11-17)28-16-19(26)15-25-9-3-4-10-25/h5-6,11,13-14,19,22,26H,3-4,7-10,12,15-16H2,1-2H3. The largest absolute Gasteiger partial charge is 0.493 e. The molecule has 2 aromatic rings. The average Bonchev–Trinajstić information content (AvgIpc) is 3.35. The summed E-state index contributed by atoms with van der Waals surface area (Å²) in [6, 6.07) is 5.93. The Kier molecular flexibility index (Phi) is 7.71. The molecule has 1 aliphatic rings. The monoisotopic (exact) mass is 388 g/mol. The van der Waals surface area contributed by atoms with Crippen molar-refractivity contribution < 1.29 is 14.6 Å². The molecule has 2 N–H and O–H groups in total. The van der Waals surface area contributed by atoms with Crippen LogP contribution < -0.4 is 14.8 Å². The van der Waals surface area contributed by atoms with E-state index in [4.69, 9.17) is 9.47 Å². The zero-order valence-electron chi connectivity index (χ0n) is 16.9. The van der Waals surface area contributed by atoms with Gasteiger partial charge in [-0.15, -0.1) is 0 Å². The van der Waals surface area contributed by atoms with E-state index in [2.05, 4.69) is 15.3 Å². The van der Waals surface area contributed by atoms with Crippen molar-refractivity contribution in [2.75, 3.05) is 39.9 Å². The fourth-order valence-corrected chi connectivity index (χ4v) is 3.51. The molecule has 0 bridgehead atoms. The second-order valence-corrected chi connectivity index (χ2v) is 7.41. The lowest BCUT2D eigenvalue weighted by atomic mass is 10.2. The summed E-state index contributed by atoms with van der Waals surface area (Å²) in [5, 5.41) is 17.9. The number of benzene rings is 1. The Morgan fingerprint density at radius 2 is 2.04 bits per heavy atom. The Morgan fingerprint density at radius 3 is 2.75 bits per heavy atom. The summed E-state index contributed by atoms with van der Waals surface area (Å²) in [4.78, 5) is 2.29. The maximum absolute atomic E-state index is 10.3. The highest BCUT2D eigenvalue weighted by Gasteiger charge is 2.17. The first-order valence-electron chi connectivity index (χ1n) is 10.0. The second-order valence-electron chi connectivity index (χ2n) is 7.41. The van der Waals surface area contributed by atoms with Gasteiger partial charge in [-0.05, 0) is 62.2 Å². The minimum atomic E-state index is -0.496. The molecule has 7 nitrogen and oxygen atoms in total. The molecule has 0 aliphatic carbocycles. The van der Waals surface area contributed by atoms with Gasteiger partial charge in [-0.25, -0.2) is 0 Å². The number of ether oxygens (including phenoxy) is 2. The van der Waals surface area contributed by atoms with Gasteiger partial charge in [0.1, 0.15) is 12.7 Å². The predicted octanol–water partition coefficient (Wildman–Crippen LogP) is 1.60. The molecule has 2 heterocycles. The summed E-state index contributed by atoms with van der Waals surface area (Å²) in [6.45, 7) is 4.70. The highest BCUT2D eigenvalue weighted by Crippen LogP contribution is 2.28. The number of hydrogen-bond donors (Lipinski definition) is 2. The quantitative estimate of drug-likeness (QED) is 0.570. The highest BCUT2D eigenvalue weighted by atomic mass is 16.5. The molecule has 154 valence electrons. The normalized spacial score (nSPS) is 15.7. The van der Waals surface area contributed by atoms with Crippen molar-refractivity contribution in [2.24, 2.45) is 7.05 Å². The molecule has 0 saturated carbocycles. The summed E-state index contributed by atoms with van der Waals surface area (Å²) in [7, 11) is 3.56. The van der Waals surface area contributed by atoms with Crippen LogP contribution in [0.25, 0.3) is 0 Å². The highest BCUT2D eigenvalue weighted by molar-refractivity contribution is 5.43. The van der Waals surface area contributed by atoms with Crippen LogP contribution in [-0.2, 0) is 20.0 Å². The molecule has 0 spiro atoms. The van der Waals surface area contributed by atoms with Gasteiger partial charge < -0.3 is 24.8 Å². The van der Waals surface area contributed by atoms with E-state index in [1.165, 1.54) is 18.4 Å². The third-order valence-corrected chi connectivity index (χ3v) is 5.00. The summed E-state index contributed by atoms with van der Waals surface area (Å²) in [5.41, 5.74) is 2.34. The molecule has 1 atom stereocenters. The van der Waals surface area contributed by atoms with Crippen molar-refractivity contribution in [1.29, 1.82) is 0 Å². The van der Waals surface area contributed by atoms with E-state index >= 15 is 0 Å². The molecule has 0 amide bonds. The predicted molar refractivity (Wildman–Crippen MR) is 109 cm³/mol. The summed E-state index contributed by atoms with van der Waals surface area (Å²) >= 11 is 0. The zero-order valence-corrected chi connectivity index (χ0v) is 16.9. The average molecular weight is 389 g/mol. The van der Waals surface area contributed by atoms with Crippen LogP contribution in [0, 0.1) is 0 Å². The van der Waals surface area contributed by atoms with Gasteiger partial charge in [-0.2, -0.15) is 5.10 Å². The lowest BCUT2D eigenvalue weighted by Gasteiger charge is -2.20. The van der Waals surface area contributed by atoms with E-state index in [9.17, 15) is 5.11 Å². The van der Waals surface area contributed by atoms with E-state index in [-0.39, 0.29) is 6.61 Å². The minimum absolute atomic E-state index is 0.269. The zero-order chi connectivity index (χ0) is 19.8. The number of aliphatic hydroxyl groups is 1. The van der Waals surface area contributed by atoms with Crippen LogP contribution in [0.5, 0.6) is 11.5 Å². The van der Waals surface area contributed by atoms with Crippen LogP contribution in [-0.4, -0.2) is 65.8 Å². The maximum Gasteiger partial charge on any atom is 0.161 e. The Balaban J connectivity index is 1.46. The maximum atomic E-state index is 10.3. The number of likely N-dealkylation sites (tertiary alicyclic amines) is 1. The van der Waals surface area contributed by atoms with Crippen LogP contribution >= 0.6 is 0 Å². The first-order valence-corrected chi connectivity index (χ1v) is 10.0. The van der Waals surface area contributed by atoms with Crippen LogP contribution in [0.4, 0.5) is 0 Å². The number of aryl methyl sites for hydroxylation is 1.